The molecule has 5 aliphatic heterocycles. The zero-order valence-electron chi connectivity index (χ0n) is 22.8. The van der Waals surface area contributed by atoms with Crippen molar-refractivity contribution in [2.75, 3.05) is 6.61 Å². The highest BCUT2D eigenvalue weighted by Crippen LogP contribution is 2.42. The molecule has 2 aromatic carbocycles. The Kier molecular flexibility index (Phi) is 6.16. The Morgan fingerprint density at radius 2 is 1.92 bits per heavy atom. The van der Waals surface area contributed by atoms with E-state index in [1.54, 1.807) is 17.0 Å². The minimum Gasteiger partial charge on any atom is -0.493 e. The average Bonchev–Trinajstić information content (AvgIpc) is 2.90. The molecule has 8 nitrogen and oxygen atoms in total. The van der Waals surface area contributed by atoms with Crippen LogP contribution in [0.2, 0.25) is 0 Å². The lowest BCUT2D eigenvalue weighted by atomic mass is 9.83. The van der Waals surface area contributed by atoms with Crippen molar-refractivity contribution in [1.29, 1.82) is 5.41 Å². The Balaban J connectivity index is 1.45. The number of allylic oxidation sites excluding steroid dienone is 1. The molecule has 3 atom stereocenters. The summed E-state index contributed by atoms with van der Waals surface area (Å²) in [6.45, 7) is 6.59. The van der Waals surface area contributed by atoms with Crippen LogP contribution in [0.25, 0.3) is 6.08 Å². The Hall–Kier alpha value is -3.81. The zero-order valence-corrected chi connectivity index (χ0v) is 22.8. The lowest BCUT2D eigenvalue weighted by molar-refractivity contribution is -0.133. The van der Waals surface area contributed by atoms with Gasteiger partial charge in [-0.2, -0.15) is 0 Å². The van der Waals surface area contributed by atoms with E-state index in [9.17, 15) is 9.59 Å². The maximum absolute atomic E-state index is 13.6. The molecule has 1 fully saturated rings. The molecule has 39 heavy (non-hydrogen) atoms. The molecular weight excluding hydrogens is 492 g/mol. The number of carbonyl (C=O) groups is 2. The van der Waals surface area contributed by atoms with Crippen molar-refractivity contribution < 1.29 is 19.1 Å². The van der Waals surface area contributed by atoms with E-state index in [0.29, 0.717) is 37.2 Å². The first kappa shape index (κ1) is 25.5. The lowest BCUT2D eigenvalue weighted by Gasteiger charge is -2.46. The standard InChI is InChI=1S/C31H36N4O4/c1-4-31-13-6-5-7-19-8-10-26-21(15-19)23(17-30(2,3)39-26)33-28(37)20-9-11-25-22(16-20)24(12-14-38-25)35(27(36)18-31)29(32)34-31/h5,7-11,15-16,23-24H,4,6,12-14,17-18H2,1-3H3,(H2,32,34)(H,33,37)/b7-5+. The summed E-state index contributed by atoms with van der Waals surface area (Å²) in [4.78, 5) is 28.8. The van der Waals surface area contributed by atoms with E-state index in [4.69, 9.17) is 14.9 Å². The second-order valence-corrected chi connectivity index (χ2v) is 11.8. The molecule has 3 N–H and O–H groups in total. The number of nitrogens with one attached hydrogen (secondary N) is 3. The largest absolute Gasteiger partial charge is 0.493 e. The number of rotatable bonds is 1. The number of hydrogen-bond donors (Lipinski definition) is 3. The van der Waals surface area contributed by atoms with E-state index in [1.807, 2.05) is 32.0 Å². The third kappa shape index (κ3) is 4.66. The fourth-order valence-corrected chi connectivity index (χ4v) is 6.44. The van der Waals surface area contributed by atoms with Gasteiger partial charge in [0.1, 0.15) is 17.1 Å². The van der Waals surface area contributed by atoms with E-state index < -0.39 is 11.1 Å². The minimum atomic E-state index is -0.462. The zero-order chi connectivity index (χ0) is 27.4. The lowest BCUT2D eigenvalue weighted by Crippen LogP contribution is -2.63. The van der Waals surface area contributed by atoms with Gasteiger partial charge in [-0.15, -0.1) is 0 Å². The number of hydrogen-bond acceptors (Lipinski definition) is 5. The maximum atomic E-state index is 13.6. The molecule has 6 bridgehead atoms. The molecule has 7 rings (SSSR count). The molecule has 0 radical (unpaired) electrons. The first-order valence-electron chi connectivity index (χ1n) is 13.9. The van der Waals surface area contributed by atoms with Gasteiger partial charge in [0.2, 0.25) is 5.91 Å². The van der Waals surface area contributed by atoms with Crippen LogP contribution in [-0.2, 0) is 4.79 Å². The van der Waals surface area contributed by atoms with E-state index in [0.717, 1.165) is 41.7 Å². The molecule has 5 aliphatic rings. The number of fused-ring (bicyclic) bond motifs is 5. The highest BCUT2D eigenvalue weighted by Gasteiger charge is 2.44. The number of nitrogens with zero attached hydrogens (tertiary/aromatic N) is 1. The van der Waals surface area contributed by atoms with E-state index in [2.05, 4.69) is 35.8 Å². The molecule has 2 aromatic rings. The Labute approximate surface area is 229 Å². The van der Waals surface area contributed by atoms with Crippen molar-refractivity contribution in [3.63, 3.8) is 0 Å². The van der Waals surface area contributed by atoms with Crippen LogP contribution >= 0.6 is 0 Å². The van der Waals surface area contributed by atoms with Crippen molar-refractivity contribution >= 4 is 23.8 Å². The van der Waals surface area contributed by atoms with Crippen molar-refractivity contribution in [2.45, 2.75) is 82.5 Å². The van der Waals surface area contributed by atoms with Crippen LogP contribution in [0.15, 0.2) is 42.5 Å². The average molecular weight is 529 g/mol. The van der Waals surface area contributed by atoms with Crippen molar-refractivity contribution in [3.05, 3.63) is 64.7 Å². The van der Waals surface area contributed by atoms with Crippen LogP contribution in [0.3, 0.4) is 0 Å². The summed E-state index contributed by atoms with van der Waals surface area (Å²) in [6.07, 6.45) is 7.98. The van der Waals surface area contributed by atoms with Crippen molar-refractivity contribution in [1.82, 2.24) is 15.5 Å². The Morgan fingerprint density at radius 3 is 2.72 bits per heavy atom. The molecule has 0 aromatic heterocycles. The van der Waals surface area contributed by atoms with Crippen LogP contribution in [-0.4, -0.2) is 40.4 Å². The third-order valence-electron chi connectivity index (χ3n) is 8.55. The van der Waals surface area contributed by atoms with Gasteiger partial charge in [-0.1, -0.05) is 25.1 Å². The van der Waals surface area contributed by atoms with Gasteiger partial charge in [-0.25, -0.2) is 0 Å². The van der Waals surface area contributed by atoms with Gasteiger partial charge in [-0.05, 0) is 69.0 Å². The molecule has 0 aliphatic carbocycles. The molecule has 2 amide bonds. The molecule has 204 valence electrons. The number of ether oxygens (including phenoxy) is 2. The predicted molar refractivity (Wildman–Crippen MR) is 149 cm³/mol. The Morgan fingerprint density at radius 1 is 1.10 bits per heavy atom. The van der Waals surface area contributed by atoms with Crippen LogP contribution in [0.4, 0.5) is 0 Å². The fraction of sp³-hybridized carbons (Fsp3) is 0.452. The van der Waals surface area contributed by atoms with Crippen LogP contribution < -0.4 is 20.1 Å². The van der Waals surface area contributed by atoms with Crippen LogP contribution in [0, 0.1) is 5.41 Å². The molecule has 5 heterocycles. The highest BCUT2D eigenvalue weighted by molar-refractivity contribution is 6.00. The van der Waals surface area contributed by atoms with Gasteiger partial charge >= 0.3 is 0 Å². The summed E-state index contributed by atoms with van der Waals surface area (Å²) in [6, 6.07) is 10.9. The second-order valence-electron chi connectivity index (χ2n) is 11.8. The summed E-state index contributed by atoms with van der Waals surface area (Å²) in [5.41, 5.74) is 2.37. The quantitative estimate of drug-likeness (QED) is 0.469. The van der Waals surface area contributed by atoms with Crippen molar-refractivity contribution in [2.24, 2.45) is 0 Å². The highest BCUT2D eigenvalue weighted by atomic mass is 16.5. The molecule has 3 unspecified atom stereocenters. The number of amides is 2. The first-order valence-corrected chi connectivity index (χ1v) is 13.9. The topological polar surface area (TPSA) is 104 Å². The first-order chi connectivity index (χ1) is 18.7. The van der Waals surface area contributed by atoms with Gasteiger partial charge in [0.05, 0.1) is 25.1 Å². The normalized spacial score (nSPS) is 28.3. The number of guanidine groups is 1. The van der Waals surface area contributed by atoms with Crippen LogP contribution in [0.1, 0.15) is 98.4 Å². The summed E-state index contributed by atoms with van der Waals surface area (Å²) in [5, 5.41) is 15.5. The molecule has 0 spiro atoms. The maximum Gasteiger partial charge on any atom is 0.251 e. The van der Waals surface area contributed by atoms with Gasteiger partial charge in [0.25, 0.3) is 5.91 Å². The number of benzene rings is 2. The van der Waals surface area contributed by atoms with Crippen molar-refractivity contribution in [3.8, 4) is 11.5 Å². The summed E-state index contributed by atoms with van der Waals surface area (Å²) < 4.78 is 12.2. The SMILES string of the molecule is CCC12CC/C=C/c3ccc4c(c3)C(CC(C)(C)O4)NC(=O)c3ccc4c(c3)C(CCO4)N(C(=N)N1)C(=O)C2. The molecular formula is C31H36N4O4. The number of carbonyl (C=O) groups excluding carboxylic acids is 2. The third-order valence-corrected chi connectivity index (χ3v) is 8.55. The monoisotopic (exact) mass is 528 g/mol. The van der Waals surface area contributed by atoms with E-state index >= 15 is 0 Å². The molecule has 0 saturated carbocycles. The summed E-state index contributed by atoms with van der Waals surface area (Å²) >= 11 is 0. The summed E-state index contributed by atoms with van der Waals surface area (Å²) in [7, 11) is 0. The smallest absolute Gasteiger partial charge is 0.251 e. The fourth-order valence-electron chi connectivity index (χ4n) is 6.44. The van der Waals surface area contributed by atoms with E-state index in [1.165, 1.54) is 0 Å². The van der Waals surface area contributed by atoms with E-state index in [-0.39, 0.29) is 29.9 Å². The summed E-state index contributed by atoms with van der Waals surface area (Å²) in [5.74, 6) is 1.30. The van der Waals surface area contributed by atoms with Gasteiger partial charge in [0.15, 0.2) is 5.96 Å². The Bertz CT molecular complexity index is 1360. The molecule has 1 saturated heterocycles. The van der Waals surface area contributed by atoms with Gasteiger partial charge in [-0.3, -0.25) is 19.9 Å². The van der Waals surface area contributed by atoms with Gasteiger partial charge in [0, 0.05) is 35.1 Å². The second kappa shape index (κ2) is 9.43. The minimum absolute atomic E-state index is 0.0666. The van der Waals surface area contributed by atoms with Gasteiger partial charge < -0.3 is 20.1 Å². The molecule has 8 heteroatoms. The predicted octanol–water partition coefficient (Wildman–Crippen LogP) is 5.25. The van der Waals surface area contributed by atoms with Crippen LogP contribution in [0.5, 0.6) is 11.5 Å².